The fraction of sp³-hybridized carbons (Fsp3) is 0.900. The molecular formula is C10H20INO. The van der Waals surface area contributed by atoms with Crippen LogP contribution >= 0.6 is 22.6 Å². The molecule has 0 aromatic heterocycles. The molecule has 1 atom stereocenters. The van der Waals surface area contributed by atoms with Crippen LogP contribution in [0, 0.1) is 11.3 Å². The Morgan fingerprint density at radius 1 is 1.38 bits per heavy atom. The van der Waals surface area contributed by atoms with Gasteiger partial charge in [-0.05, 0) is 11.3 Å². The second kappa shape index (κ2) is 5.17. The quantitative estimate of drug-likeness (QED) is 0.484. The minimum Gasteiger partial charge on any atom is -0.344 e. The lowest BCUT2D eigenvalue weighted by atomic mass is 9.96. The first-order valence-corrected chi connectivity index (χ1v) is 5.91. The molecule has 0 bridgehead atoms. The Morgan fingerprint density at radius 2 is 1.85 bits per heavy atom. The summed E-state index contributed by atoms with van der Waals surface area (Å²) < 4.78 is 0.205. The van der Waals surface area contributed by atoms with Crippen molar-refractivity contribution in [1.82, 2.24) is 5.32 Å². The monoisotopic (exact) mass is 297 g/mol. The van der Waals surface area contributed by atoms with Crippen LogP contribution in [0.1, 0.15) is 41.0 Å². The van der Waals surface area contributed by atoms with Crippen LogP contribution in [0.4, 0.5) is 0 Å². The number of rotatable bonds is 3. The summed E-state index contributed by atoms with van der Waals surface area (Å²) in [6.07, 6.45) is 0.621. The van der Waals surface area contributed by atoms with E-state index in [1.807, 2.05) is 0 Å². The number of carbonyl (C=O) groups is 1. The zero-order chi connectivity index (χ0) is 10.6. The molecule has 0 saturated heterocycles. The second-order valence-electron chi connectivity index (χ2n) is 4.89. The maximum absolute atomic E-state index is 11.4. The molecule has 78 valence electrons. The fourth-order valence-electron chi connectivity index (χ4n) is 0.788. The smallest absolute Gasteiger partial charge is 0.221 e. The summed E-state index contributed by atoms with van der Waals surface area (Å²) in [5, 5.41) is 3.00. The van der Waals surface area contributed by atoms with Crippen molar-refractivity contribution in [3.63, 3.8) is 0 Å². The highest BCUT2D eigenvalue weighted by Gasteiger charge is 2.23. The highest BCUT2D eigenvalue weighted by molar-refractivity contribution is 14.1. The molecule has 0 aliphatic heterocycles. The first-order chi connectivity index (χ1) is 5.73. The summed E-state index contributed by atoms with van der Waals surface area (Å²) in [7, 11) is 0. The highest BCUT2D eigenvalue weighted by atomic mass is 127. The molecule has 3 heteroatoms. The van der Waals surface area contributed by atoms with Crippen LogP contribution < -0.4 is 5.32 Å². The number of alkyl halides is 1. The van der Waals surface area contributed by atoms with Gasteiger partial charge >= 0.3 is 0 Å². The molecular weight excluding hydrogens is 277 g/mol. The molecule has 0 heterocycles. The molecule has 13 heavy (non-hydrogen) atoms. The van der Waals surface area contributed by atoms with Gasteiger partial charge in [0.2, 0.25) is 5.91 Å². The van der Waals surface area contributed by atoms with Gasteiger partial charge < -0.3 is 5.32 Å². The third-order valence-corrected chi connectivity index (χ3v) is 3.82. The third-order valence-electron chi connectivity index (χ3n) is 1.64. The number of amides is 1. The first-order valence-electron chi connectivity index (χ1n) is 4.67. The first kappa shape index (κ1) is 13.2. The minimum atomic E-state index is 0.132. The summed E-state index contributed by atoms with van der Waals surface area (Å²) in [5.74, 6) is 0.591. The molecule has 0 radical (unpaired) electrons. The second-order valence-corrected chi connectivity index (χ2v) is 6.14. The predicted molar refractivity (Wildman–Crippen MR) is 64.9 cm³/mol. The van der Waals surface area contributed by atoms with Crippen molar-refractivity contribution in [1.29, 1.82) is 0 Å². The standard InChI is InChI=1S/C10H20INO/c1-7(2)6-8(13)12-9(11)10(3,4)5/h7,9H,6H2,1-5H3,(H,12,13)/t9-/m0/s1. The zero-order valence-corrected chi connectivity index (χ0v) is 11.3. The van der Waals surface area contributed by atoms with Crippen molar-refractivity contribution >= 4 is 28.5 Å². The number of halogens is 1. The molecule has 0 spiro atoms. The Balaban J connectivity index is 3.93. The molecule has 0 aromatic rings. The maximum Gasteiger partial charge on any atom is 0.221 e. The van der Waals surface area contributed by atoms with E-state index in [1.54, 1.807) is 0 Å². The van der Waals surface area contributed by atoms with Gasteiger partial charge in [0.25, 0.3) is 0 Å². The van der Waals surface area contributed by atoms with E-state index in [-0.39, 0.29) is 15.4 Å². The molecule has 0 fully saturated rings. The van der Waals surface area contributed by atoms with E-state index in [4.69, 9.17) is 0 Å². The Kier molecular flexibility index (Phi) is 5.25. The topological polar surface area (TPSA) is 29.1 Å². The zero-order valence-electron chi connectivity index (χ0n) is 9.15. The lowest BCUT2D eigenvalue weighted by Gasteiger charge is -2.26. The third kappa shape index (κ3) is 6.29. The van der Waals surface area contributed by atoms with Gasteiger partial charge in [-0.2, -0.15) is 0 Å². The molecule has 0 rings (SSSR count). The number of nitrogens with one attached hydrogen (secondary N) is 1. The largest absolute Gasteiger partial charge is 0.344 e. The molecule has 1 N–H and O–H groups in total. The van der Waals surface area contributed by atoms with Crippen molar-refractivity contribution in [3.8, 4) is 0 Å². The van der Waals surface area contributed by atoms with E-state index in [2.05, 4.69) is 62.5 Å². The van der Waals surface area contributed by atoms with Gasteiger partial charge in [0, 0.05) is 6.42 Å². The summed E-state index contributed by atoms with van der Waals surface area (Å²) in [4.78, 5) is 11.4. The predicted octanol–water partition coefficient (Wildman–Crippen LogP) is 2.96. The lowest BCUT2D eigenvalue weighted by molar-refractivity contribution is -0.122. The average molecular weight is 297 g/mol. The fourth-order valence-corrected chi connectivity index (χ4v) is 1.13. The molecule has 0 saturated carbocycles. The van der Waals surface area contributed by atoms with Gasteiger partial charge in [-0.1, -0.05) is 57.2 Å². The van der Waals surface area contributed by atoms with Crippen LogP contribution in [-0.2, 0) is 4.79 Å². The molecule has 1 amide bonds. The van der Waals surface area contributed by atoms with Crippen molar-refractivity contribution in [2.75, 3.05) is 0 Å². The van der Waals surface area contributed by atoms with Gasteiger partial charge in [0.15, 0.2) is 0 Å². The normalized spacial score (nSPS) is 14.4. The van der Waals surface area contributed by atoms with Crippen LogP contribution in [0.2, 0.25) is 0 Å². The van der Waals surface area contributed by atoms with Gasteiger partial charge in [-0.25, -0.2) is 0 Å². The van der Waals surface area contributed by atoms with Crippen molar-refractivity contribution in [2.24, 2.45) is 11.3 Å². The average Bonchev–Trinajstić information content (AvgIpc) is 1.82. The van der Waals surface area contributed by atoms with E-state index in [1.165, 1.54) is 0 Å². The molecule has 2 nitrogen and oxygen atoms in total. The summed E-state index contributed by atoms with van der Waals surface area (Å²) in [5.41, 5.74) is 0.132. The molecule has 0 aromatic carbocycles. The molecule has 0 unspecified atom stereocenters. The van der Waals surface area contributed by atoms with Gasteiger partial charge in [-0.15, -0.1) is 0 Å². The van der Waals surface area contributed by atoms with E-state index >= 15 is 0 Å². The Hall–Kier alpha value is 0.200. The Bertz CT molecular complexity index is 172. The summed E-state index contributed by atoms with van der Waals surface area (Å²) in [6, 6.07) is 0. The number of carbonyl (C=O) groups excluding carboxylic acids is 1. The maximum atomic E-state index is 11.4. The van der Waals surface area contributed by atoms with E-state index in [9.17, 15) is 4.79 Å². The van der Waals surface area contributed by atoms with Crippen LogP contribution in [0.5, 0.6) is 0 Å². The van der Waals surface area contributed by atoms with Crippen LogP contribution in [-0.4, -0.2) is 9.96 Å². The van der Waals surface area contributed by atoms with Gasteiger partial charge in [0.05, 0.1) is 4.05 Å². The van der Waals surface area contributed by atoms with Gasteiger partial charge in [0.1, 0.15) is 0 Å². The molecule has 0 aliphatic rings. The summed E-state index contributed by atoms with van der Waals surface area (Å²) in [6.45, 7) is 10.5. The number of hydrogen-bond donors (Lipinski definition) is 1. The van der Waals surface area contributed by atoms with Crippen molar-refractivity contribution in [2.45, 2.75) is 45.1 Å². The highest BCUT2D eigenvalue weighted by Crippen LogP contribution is 2.24. The number of hydrogen-bond acceptors (Lipinski definition) is 1. The Morgan fingerprint density at radius 3 is 2.15 bits per heavy atom. The van der Waals surface area contributed by atoms with Crippen molar-refractivity contribution in [3.05, 3.63) is 0 Å². The molecule has 0 aliphatic carbocycles. The van der Waals surface area contributed by atoms with E-state index in [0.29, 0.717) is 12.3 Å². The summed E-state index contributed by atoms with van der Waals surface area (Å²) >= 11 is 2.28. The van der Waals surface area contributed by atoms with Gasteiger partial charge in [-0.3, -0.25) is 4.79 Å². The lowest BCUT2D eigenvalue weighted by Crippen LogP contribution is -2.39. The van der Waals surface area contributed by atoms with Crippen molar-refractivity contribution < 1.29 is 4.79 Å². The minimum absolute atomic E-state index is 0.132. The Labute approximate surface area is 95.0 Å². The van der Waals surface area contributed by atoms with E-state index in [0.717, 1.165) is 0 Å². The van der Waals surface area contributed by atoms with Crippen LogP contribution in [0.25, 0.3) is 0 Å². The van der Waals surface area contributed by atoms with Crippen LogP contribution in [0.3, 0.4) is 0 Å². The van der Waals surface area contributed by atoms with E-state index < -0.39 is 0 Å². The van der Waals surface area contributed by atoms with Crippen LogP contribution in [0.15, 0.2) is 0 Å². The SMILES string of the molecule is CC(C)CC(=O)N[C@H](I)C(C)(C)C.